The van der Waals surface area contributed by atoms with E-state index in [9.17, 15) is 4.79 Å². The van der Waals surface area contributed by atoms with Crippen molar-refractivity contribution in [3.05, 3.63) is 21.6 Å². The predicted molar refractivity (Wildman–Crippen MR) is 56.4 cm³/mol. The maximum atomic E-state index is 11.6. The molecular weight excluding hydrogens is 220 g/mol. The fourth-order valence-electron chi connectivity index (χ4n) is 1.12. The molecule has 15 heavy (non-hydrogen) atoms. The summed E-state index contributed by atoms with van der Waals surface area (Å²) in [6.45, 7) is 0.557. The summed E-state index contributed by atoms with van der Waals surface area (Å²) in [6, 6.07) is 0. The van der Waals surface area contributed by atoms with Crippen molar-refractivity contribution in [1.29, 1.82) is 0 Å². The van der Waals surface area contributed by atoms with E-state index in [0.717, 1.165) is 0 Å². The van der Waals surface area contributed by atoms with Crippen LogP contribution in [0.4, 0.5) is 0 Å². The number of aromatic nitrogens is 2. The first-order valence-corrected chi connectivity index (χ1v) is 4.99. The van der Waals surface area contributed by atoms with Gasteiger partial charge in [-0.15, -0.1) is 0 Å². The standard InChI is InChI=1S/C9H13ClN2O3/c1-15-7-6-11-12(4-2-3-5-13)9(14)8(7)10/h6,13H,2-5H2,1H3. The molecule has 84 valence electrons. The van der Waals surface area contributed by atoms with Crippen molar-refractivity contribution >= 4 is 11.6 Å². The highest BCUT2D eigenvalue weighted by Crippen LogP contribution is 2.16. The van der Waals surface area contributed by atoms with Crippen LogP contribution < -0.4 is 10.3 Å². The van der Waals surface area contributed by atoms with Gasteiger partial charge in [-0.3, -0.25) is 4.79 Å². The lowest BCUT2D eigenvalue weighted by molar-refractivity contribution is 0.279. The number of rotatable bonds is 5. The Balaban J connectivity index is 2.83. The van der Waals surface area contributed by atoms with Crippen molar-refractivity contribution in [2.75, 3.05) is 13.7 Å². The molecule has 0 aliphatic heterocycles. The van der Waals surface area contributed by atoms with Crippen LogP contribution in [0.2, 0.25) is 5.02 Å². The van der Waals surface area contributed by atoms with Crippen LogP contribution in [-0.4, -0.2) is 28.6 Å². The molecule has 0 aromatic carbocycles. The van der Waals surface area contributed by atoms with Crippen LogP contribution in [0.1, 0.15) is 12.8 Å². The number of ether oxygens (including phenoxy) is 1. The topological polar surface area (TPSA) is 64.3 Å². The zero-order chi connectivity index (χ0) is 11.3. The zero-order valence-electron chi connectivity index (χ0n) is 8.44. The molecule has 1 rings (SSSR count). The molecule has 0 aliphatic rings. The Hall–Kier alpha value is -1.07. The summed E-state index contributed by atoms with van der Waals surface area (Å²) in [5.41, 5.74) is -0.367. The van der Waals surface area contributed by atoms with Crippen LogP contribution in [0.25, 0.3) is 0 Å². The third kappa shape index (κ3) is 2.94. The van der Waals surface area contributed by atoms with Crippen molar-refractivity contribution in [2.24, 2.45) is 0 Å². The molecule has 0 aliphatic carbocycles. The minimum absolute atomic E-state index is 0.0384. The number of nitrogens with zero attached hydrogens (tertiary/aromatic N) is 2. The van der Waals surface area contributed by atoms with Gasteiger partial charge in [-0.1, -0.05) is 11.6 Å². The Morgan fingerprint density at radius 1 is 1.60 bits per heavy atom. The monoisotopic (exact) mass is 232 g/mol. The molecule has 0 saturated heterocycles. The fourth-order valence-corrected chi connectivity index (χ4v) is 1.35. The Bertz CT molecular complexity index is 378. The normalized spacial score (nSPS) is 10.3. The molecule has 5 nitrogen and oxygen atoms in total. The number of hydrogen-bond donors (Lipinski definition) is 1. The number of halogens is 1. The Morgan fingerprint density at radius 2 is 2.33 bits per heavy atom. The van der Waals surface area contributed by atoms with E-state index < -0.39 is 0 Å². The molecule has 0 amide bonds. The maximum absolute atomic E-state index is 11.6. The third-order valence-electron chi connectivity index (χ3n) is 1.95. The molecule has 0 atom stereocenters. The zero-order valence-corrected chi connectivity index (χ0v) is 9.20. The molecule has 0 unspecified atom stereocenters. The molecule has 0 radical (unpaired) electrons. The van der Waals surface area contributed by atoms with Gasteiger partial charge in [0.05, 0.1) is 13.3 Å². The van der Waals surface area contributed by atoms with E-state index in [2.05, 4.69) is 5.10 Å². The van der Waals surface area contributed by atoms with Gasteiger partial charge in [0, 0.05) is 13.2 Å². The third-order valence-corrected chi connectivity index (χ3v) is 2.30. The van der Waals surface area contributed by atoms with E-state index in [1.54, 1.807) is 0 Å². The van der Waals surface area contributed by atoms with Gasteiger partial charge in [0.15, 0.2) is 10.8 Å². The summed E-state index contributed by atoms with van der Waals surface area (Å²) < 4.78 is 6.12. The SMILES string of the molecule is COc1cnn(CCCCO)c(=O)c1Cl. The first-order valence-electron chi connectivity index (χ1n) is 4.61. The average molecular weight is 233 g/mol. The lowest BCUT2D eigenvalue weighted by Gasteiger charge is -2.06. The molecule has 0 spiro atoms. The Morgan fingerprint density at radius 3 is 2.93 bits per heavy atom. The Kier molecular flexibility index (Phi) is 4.58. The maximum Gasteiger partial charge on any atom is 0.289 e. The number of methoxy groups -OCH3 is 1. The van der Waals surface area contributed by atoms with E-state index in [1.165, 1.54) is 18.0 Å². The molecule has 6 heteroatoms. The van der Waals surface area contributed by atoms with E-state index >= 15 is 0 Å². The summed E-state index contributed by atoms with van der Waals surface area (Å²) in [6.07, 6.45) is 2.73. The number of aryl methyl sites for hydroxylation is 1. The molecule has 0 bridgehead atoms. The number of aliphatic hydroxyl groups excluding tert-OH is 1. The second-order valence-electron chi connectivity index (χ2n) is 2.99. The van der Waals surface area contributed by atoms with Gasteiger partial charge < -0.3 is 9.84 Å². The smallest absolute Gasteiger partial charge is 0.289 e. The molecule has 1 N–H and O–H groups in total. The summed E-state index contributed by atoms with van der Waals surface area (Å²) in [7, 11) is 1.43. The first-order chi connectivity index (χ1) is 7.20. The lowest BCUT2D eigenvalue weighted by atomic mass is 10.3. The minimum atomic E-state index is -0.367. The molecular formula is C9H13ClN2O3. The molecule has 0 fully saturated rings. The van der Waals surface area contributed by atoms with Crippen LogP contribution in [0.15, 0.2) is 11.0 Å². The van der Waals surface area contributed by atoms with Crippen molar-refractivity contribution < 1.29 is 9.84 Å². The van der Waals surface area contributed by atoms with Crippen LogP contribution in [0, 0.1) is 0 Å². The van der Waals surface area contributed by atoms with Gasteiger partial charge in [0.2, 0.25) is 0 Å². The van der Waals surface area contributed by atoms with Gasteiger partial charge in [-0.2, -0.15) is 5.10 Å². The highest BCUT2D eigenvalue weighted by Gasteiger charge is 2.08. The second kappa shape index (κ2) is 5.72. The van der Waals surface area contributed by atoms with Gasteiger partial charge >= 0.3 is 0 Å². The summed E-state index contributed by atoms with van der Waals surface area (Å²) in [5.74, 6) is 0.278. The number of unbranched alkanes of at least 4 members (excludes halogenated alkanes) is 1. The van der Waals surface area contributed by atoms with E-state index in [0.29, 0.717) is 19.4 Å². The second-order valence-corrected chi connectivity index (χ2v) is 3.36. The predicted octanol–water partition coefficient (Wildman–Crippen LogP) is 0.678. The highest BCUT2D eigenvalue weighted by atomic mass is 35.5. The van der Waals surface area contributed by atoms with E-state index in [1.807, 2.05) is 0 Å². The van der Waals surface area contributed by atoms with E-state index in [4.69, 9.17) is 21.4 Å². The summed E-state index contributed by atoms with van der Waals surface area (Å²) in [4.78, 5) is 11.6. The average Bonchev–Trinajstić information content (AvgIpc) is 2.25. The van der Waals surface area contributed by atoms with Gasteiger partial charge in [-0.25, -0.2) is 4.68 Å². The van der Waals surface area contributed by atoms with Crippen LogP contribution in [0.5, 0.6) is 5.75 Å². The molecule has 1 heterocycles. The Labute approximate surface area is 92.2 Å². The number of aliphatic hydroxyl groups is 1. The van der Waals surface area contributed by atoms with Crippen molar-refractivity contribution in [2.45, 2.75) is 19.4 Å². The van der Waals surface area contributed by atoms with Gasteiger partial charge in [0.25, 0.3) is 5.56 Å². The van der Waals surface area contributed by atoms with Crippen molar-refractivity contribution in [3.8, 4) is 5.75 Å². The van der Waals surface area contributed by atoms with Crippen molar-refractivity contribution in [3.63, 3.8) is 0 Å². The quantitative estimate of drug-likeness (QED) is 0.759. The molecule has 0 saturated carbocycles. The van der Waals surface area contributed by atoms with Crippen LogP contribution in [-0.2, 0) is 6.54 Å². The molecule has 1 aromatic heterocycles. The molecule has 1 aromatic rings. The minimum Gasteiger partial charge on any atom is -0.493 e. The lowest BCUT2D eigenvalue weighted by Crippen LogP contribution is -2.23. The first kappa shape index (κ1) is 12.0. The fraction of sp³-hybridized carbons (Fsp3) is 0.556. The van der Waals surface area contributed by atoms with Gasteiger partial charge in [-0.05, 0) is 12.8 Å². The van der Waals surface area contributed by atoms with Crippen LogP contribution in [0.3, 0.4) is 0 Å². The largest absolute Gasteiger partial charge is 0.493 e. The number of hydrogen-bond acceptors (Lipinski definition) is 4. The highest BCUT2D eigenvalue weighted by molar-refractivity contribution is 6.31. The summed E-state index contributed by atoms with van der Waals surface area (Å²) >= 11 is 5.76. The summed E-state index contributed by atoms with van der Waals surface area (Å²) in [5, 5.41) is 12.5. The van der Waals surface area contributed by atoms with Crippen LogP contribution >= 0.6 is 11.6 Å². The van der Waals surface area contributed by atoms with Crippen molar-refractivity contribution in [1.82, 2.24) is 9.78 Å². The van der Waals surface area contributed by atoms with E-state index in [-0.39, 0.29) is 22.9 Å². The van der Waals surface area contributed by atoms with Gasteiger partial charge in [0.1, 0.15) is 0 Å².